The van der Waals surface area contributed by atoms with Crippen LogP contribution in [-0.4, -0.2) is 29.1 Å². The molecule has 6 heteroatoms. The predicted molar refractivity (Wildman–Crippen MR) is 71.7 cm³/mol. The van der Waals surface area contributed by atoms with Crippen LogP contribution in [0.2, 0.25) is 0 Å². The average Bonchev–Trinajstić information content (AvgIpc) is 2.33. The number of unbranched alkanes of at least 4 members (excludes halogenated alkanes) is 1. The van der Waals surface area contributed by atoms with Gasteiger partial charge < -0.3 is 10.4 Å². The number of nitrogens with one attached hydrogen (secondary N) is 2. The van der Waals surface area contributed by atoms with Crippen molar-refractivity contribution in [2.45, 2.75) is 58.9 Å². The van der Waals surface area contributed by atoms with E-state index in [4.69, 9.17) is 5.11 Å². The lowest BCUT2D eigenvalue weighted by molar-refractivity contribution is -0.137. The van der Waals surface area contributed by atoms with E-state index < -0.39 is 12.0 Å². The Hall–Kier alpha value is -1.59. The second-order valence-corrected chi connectivity index (χ2v) is 4.80. The van der Waals surface area contributed by atoms with E-state index >= 15 is 0 Å². The summed E-state index contributed by atoms with van der Waals surface area (Å²) in [4.78, 5) is 33.2. The minimum atomic E-state index is -0.875. The minimum Gasteiger partial charge on any atom is -0.481 e. The number of carbonyl (C=O) groups excluding carboxylic acids is 2. The van der Waals surface area contributed by atoms with Crippen LogP contribution in [0.25, 0.3) is 0 Å². The Morgan fingerprint density at radius 1 is 1.11 bits per heavy atom. The molecule has 0 heterocycles. The smallest absolute Gasteiger partial charge is 0.321 e. The zero-order chi connectivity index (χ0) is 14.8. The van der Waals surface area contributed by atoms with Gasteiger partial charge in [0, 0.05) is 18.9 Å². The van der Waals surface area contributed by atoms with Crippen molar-refractivity contribution in [3.63, 3.8) is 0 Å². The Balaban J connectivity index is 3.80. The molecule has 0 radical (unpaired) electrons. The van der Waals surface area contributed by atoms with E-state index in [9.17, 15) is 14.4 Å². The van der Waals surface area contributed by atoms with E-state index in [1.54, 1.807) is 0 Å². The molecule has 0 saturated heterocycles. The first-order valence-corrected chi connectivity index (χ1v) is 6.69. The van der Waals surface area contributed by atoms with E-state index in [0.29, 0.717) is 18.8 Å². The Kier molecular flexibility index (Phi) is 8.57. The van der Waals surface area contributed by atoms with Gasteiger partial charge in [-0.3, -0.25) is 14.9 Å². The number of amides is 3. The van der Waals surface area contributed by atoms with Gasteiger partial charge in [-0.15, -0.1) is 0 Å². The first kappa shape index (κ1) is 17.4. The van der Waals surface area contributed by atoms with Crippen LogP contribution in [0.3, 0.4) is 0 Å². The van der Waals surface area contributed by atoms with Gasteiger partial charge in [-0.1, -0.05) is 20.3 Å². The molecule has 19 heavy (non-hydrogen) atoms. The molecule has 0 aliphatic heterocycles. The van der Waals surface area contributed by atoms with Crippen molar-refractivity contribution in [3.05, 3.63) is 0 Å². The third kappa shape index (κ3) is 9.04. The molecule has 6 nitrogen and oxygen atoms in total. The highest BCUT2D eigenvalue weighted by molar-refractivity contribution is 5.94. The highest BCUT2D eigenvalue weighted by atomic mass is 16.4. The molecule has 0 bridgehead atoms. The number of carboxylic acids is 1. The lowest BCUT2D eigenvalue weighted by Crippen LogP contribution is -2.45. The van der Waals surface area contributed by atoms with E-state index in [1.165, 1.54) is 0 Å². The van der Waals surface area contributed by atoms with Crippen LogP contribution >= 0.6 is 0 Å². The standard InChI is InChI=1S/C13H24N2O4/c1-4-9(2)10(3)14-13(19)15-11(16)7-5-6-8-12(17)18/h9-10H,4-8H2,1-3H3,(H,17,18)(H2,14,15,16,19). The van der Waals surface area contributed by atoms with E-state index in [1.807, 2.05) is 20.8 Å². The van der Waals surface area contributed by atoms with Gasteiger partial charge >= 0.3 is 12.0 Å². The number of hydrogen-bond donors (Lipinski definition) is 3. The summed E-state index contributed by atoms with van der Waals surface area (Å²) in [6.07, 6.45) is 2.06. The van der Waals surface area contributed by atoms with Crippen molar-refractivity contribution in [2.75, 3.05) is 0 Å². The predicted octanol–water partition coefficient (Wildman–Crippen LogP) is 1.89. The van der Waals surface area contributed by atoms with Crippen molar-refractivity contribution < 1.29 is 19.5 Å². The van der Waals surface area contributed by atoms with E-state index in [-0.39, 0.29) is 24.8 Å². The van der Waals surface area contributed by atoms with E-state index in [0.717, 1.165) is 6.42 Å². The zero-order valence-electron chi connectivity index (χ0n) is 11.9. The van der Waals surface area contributed by atoms with Gasteiger partial charge in [-0.25, -0.2) is 4.79 Å². The summed E-state index contributed by atoms with van der Waals surface area (Å²) >= 11 is 0. The summed E-state index contributed by atoms with van der Waals surface area (Å²) in [6, 6.07) is -0.485. The fourth-order valence-corrected chi connectivity index (χ4v) is 1.49. The maximum absolute atomic E-state index is 11.5. The van der Waals surface area contributed by atoms with Crippen molar-refractivity contribution in [3.8, 4) is 0 Å². The number of urea groups is 1. The molecule has 0 aromatic rings. The van der Waals surface area contributed by atoms with Crippen LogP contribution in [0.1, 0.15) is 52.9 Å². The number of carboxylic acid groups (broad SMARTS) is 1. The molecule has 0 aromatic carbocycles. The van der Waals surface area contributed by atoms with Crippen LogP contribution < -0.4 is 10.6 Å². The molecule has 0 aliphatic rings. The molecule has 2 unspecified atom stereocenters. The first-order chi connectivity index (χ1) is 8.86. The van der Waals surface area contributed by atoms with Crippen LogP contribution in [-0.2, 0) is 9.59 Å². The summed E-state index contributed by atoms with van der Waals surface area (Å²) in [5, 5.41) is 13.4. The Labute approximate surface area is 113 Å². The fraction of sp³-hybridized carbons (Fsp3) is 0.769. The number of aliphatic carboxylic acids is 1. The normalized spacial score (nSPS) is 13.4. The van der Waals surface area contributed by atoms with Gasteiger partial charge in [-0.05, 0) is 25.7 Å². The molecule has 0 saturated carbocycles. The lowest BCUT2D eigenvalue weighted by atomic mass is 10.0. The fourth-order valence-electron chi connectivity index (χ4n) is 1.49. The SMILES string of the molecule is CCC(C)C(C)NC(=O)NC(=O)CCCCC(=O)O. The Morgan fingerprint density at radius 3 is 2.21 bits per heavy atom. The zero-order valence-corrected chi connectivity index (χ0v) is 11.9. The average molecular weight is 272 g/mol. The summed E-state index contributed by atoms with van der Waals surface area (Å²) in [7, 11) is 0. The Morgan fingerprint density at radius 2 is 1.68 bits per heavy atom. The first-order valence-electron chi connectivity index (χ1n) is 6.69. The number of carbonyl (C=O) groups is 3. The van der Waals surface area contributed by atoms with Gasteiger partial charge in [0.15, 0.2) is 0 Å². The van der Waals surface area contributed by atoms with Crippen LogP contribution in [0, 0.1) is 5.92 Å². The summed E-state index contributed by atoms with van der Waals surface area (Å²) < 4.78 is 0. The quantitative estimate of drug-likeness (QED) is 0.588. The molecule has 2 atom stereocenters. The number of imide groups is 1. The monoisotopic (exact) mass is 272 g/mol. The summed E-state index contributed by atoms with van der Waals surface area (Å²) in [5.74, 6) is -0.906. The largest absolute Gasteiger partial charge is 0.481 e. The van der Waals surface area contributed by atoms with Crippen molar-refractivity contribution in [1.82, 2.24) is 10.6 Å². The maximum atomic E-state index is 11.5. The minimum absolute atomic E-state index is 0.00445. The van der Waals surface area contributed by atoms with Crippen molar-refractivity contribution in [1.29, 1.82) is 0 Å². The maximum Gasteiger partial charge on any atom is 0.321 e. The second kappa shape index (κ2) is 9.35. The topological polar surface area (TPSA) is 95.5 Å². The van der Waals surface area contributed by atoms with Crippen LogP contribution in [0.15, 0.2) is 0 Å². The molecular formula is C13H24N2O4. The molecule has 0 aliphatic carbocycles. The molecule has 0 aromatic heterocycles. The van der Waals surface area contributed by atoms with Gasteiger partial charge in [0.2, 0.25) is 5.91 Å². The summed E-state index contributed by atoms with van der Waals surface area (Å²) in [6.45, 7) is 5.96. The van der Waals surface area contributed by atoms with Crippen molar-refractivity contribution >= 4 is 17.9 Å². The summed E-state index contributed by atoms with van der Waals surface area (Å²) in [5.41, 5.74) is 0. The molecule has 0 fully saturated rings. The number of hydrogen-bond acceptors (Lipinski definition) is 3. The van der Waals surface area contributed by atoms with Gasteiger partial charge in [0.1, 0.15) is 0 Å². The molecule has 0 rings (SSSR count). The van der Waals surface area contributed by atoms with Gasteiger partial charge in [0.25, 0.3) is 0 Å². The molecule has 0 spiro atoms. The van der Waals surface area contributed by atoms with Gasteiger partial charge in [0.05, 0.1) is 0 Å². The number of rotatable bonds is 8. The molecule has 3 amide bonds. The highest BCUT2D eigenvalue weighted by Crippen LogP contribution is 2.06. The molecular weight excluding hydrogens is 248 g/mol. The molecule has 3 N–H and O–H groups in total. The van der Waals surface area contributed by atoms with Gasteiger partial charge in [-0.2, -0.15) is 0 Å². The third-order valence-electron chi connectivity index (χ3n) is 3.15. The van der Waals surface area contributed by atoms with Crippen LogP contribution in [0.4, 0.5) is 4.79 Å². The van der Waals surface area contributed by atoms with Crippen molar-refractivity contribution in [2.24, 2.45) is 5.92 Å². The Bertz CT molecular complexity index is 318. The van der Waals surface area contributed by atoms with Crippen LogP contribution in [0.5, 0.6) is 0 Å². The highest BCUT2D eigenvalue weighted by Gasteiger charge is 2.14. The second-order valence-electron chi connectivity index (χ2n) is 4.80. The lowest BCUT2D eigenvalue weighted by Gasteiger charge is -2.19. The third-order valence-corrected chi connectivity index (χ3v) is 3.15. The molecule has 110 valence electrons. The van der Waals surface area contributed by atoms with E-state index in [2.05, 4.69) is 10.6 Å².